The normalized spacial score (nSPS) is 18.5. The zero-order valence-electron chi connectivity index (χ0n) is 18.9. The van der Waals surface area contributed by atoms with Crippen LogP contribution in [0.5, 0.6) is 11.6 Å². The molecule has 1 saturated heterocycles. The van der Waals surface area contributed by atoms with E-state index in [4.69, 9.17) is 9.73 Å². The molecule has 0 aliphatic carbocycles. The molecule has 176 valence electrons. The van der Waals surface area contributed by atoms with Crippen molar-refractivity contribution in [2.24, 2.45) is 10.9 Å². The molecule has 9 heteroatoms. The summed E-state index contributed by atoms with van der Waals surface area (Å²) >= 11 is 0. The van der Waals surface area contributed by atoms with E-state index in [2.05, 4.69) is 38.6 Å². The first-order valence-electron chi connectivity index (χ1n) is 11.0. The van der Waals surface area contributed by atoms with Crippen LogP contribution in [0.1, 0.15) is 31.9 Å². The minimum atomic E-state index is -0.341. The average Bonchev–Trinajstić information content (AvgIpc) is 3.33. The van der Waals surface area contributed by atoms with Gasteiger partial charge in [0.25, 0.3) is 0 Å². The highest BCUT2D eigenvalue weighted by atomic mass is 127. The van der Waals surface area contributed by atoms with Gasteiger partial charge in [-0.05, 0) is 37.0 Å². The fourth-order valence-corrected chi connectivity index (χ4v) is 3.90. The molecular weight excluding hydrogens is 534 g/mol. The van der Waals surface area contributed by atoms with Crippen LogP contribution >= 0.6 is 24.0 Å². The van der Waals surface area contributed by atoms with Crippen LogP contribution in [0.4, 0.5) is 4.39 Å². The molecule has 3 heterocycles. The second-order valence-corrected chi connectivity index (χ2v) is 8.02. The van der Waals surface area contributed by atoms with Crippen molar-refractivity contribution in [3.8, 4) is 11.6 Å². The first-order valence-corrected chi connectivity index (χ1v) is 11.0. The maximum atomic E-state index is 13.3. The second kappa shape index (κ2) is 12.0. The number of aromatic nitrogens is 3. The molecule has 33 heavy (non-hydrogen) atoms. The lowest BCUT2D eigenvalue weighted by Crippen LogP contribution is -2.49. The Labute approximate surface area is 211 Å². The molecular formula is C24H30FIN6O. The number of ether oxygens (including phenoxy) is 1. The van der Waals surface area contributed by atoms with Crippen LogP contribution in [-0.2, 0) is 6.54 Å². The number of nitrogens with one attached hydrogen (secondary N) is 1. The predicted octanol–water partition coefficient (Wildman–Crippen LogP) is 4.88. The Kier molecular flexibility index (Phi) is 9.04. The minimum absolute atomic E-state index is 0. The Balaban J connectivity index is 0.00000306. The third kappa shape index (κ3) is 6.66. The van der Waals surface area contributed by atoms with E-state index in [1.807, 2.05) is 24.8 Å². The van der Waals surface area contributed by atoms with Gasteiger partial charge < -0.3 is 19.5 Å². The first kappa shape index (κ1) is 24.9. The number of guanidine groups is 1. The predicted molar refractivity (Wildman–Crippen MR) is 138 cm³/mol. The van der Waals surface area contributed by atoms with E-state index in [0.29, 0.717) is 30.1 Å². The first-order chi connectivity index (χ1) is 15.6. The minimum Gasteiger partial charge on any atom is -0.439 e. The average molecular weight is 564 g/mol. The third-order valence-corrected chi connectivity index (χ3v) is 5.69. The Morgan fingerprint density at radius 2 is 2.18 bits per heavy atom. The van der Waals surface area contributed by atoms with E-state index in [9.17, 15) is 4.39 Å². The zero-order chi connectivity index (χ0) is 22.3. The lowest BCUT2D eigenvalue weighted by Gasteiger charge is -2.39. The summed E-state index contributed by atoms with van der Waals surface area (Å²) in [7, 11) is 0. The van der Waals surface area contributed by atoms with Crippen molar-refractivity contribution in [2.75, 3.05) is 19.6 Å². The summed E-state index contributed by atoms with van der Waals surface area (Å²) in [5, 5.41) is 3.42. The van der Waals surface area contributed by atoms with Crippen LogP contribution in [0.2, 0.25) is 0 Å². The van der Waals surface area contributed by atoms with E-state index in [1.54, 1.807) is 24.4 Å². The molecule has 0 amide bonds. The van der Waals surface area contributed by atoms with Gasteiger partial charge in [-0.15, -0.1) is 24.0 Å². The molecule has 1 aliphatic heterocycles. The van der Waals surface area contributed by atoms with Crippen LogP contribution in [0.25, 0.3) is 0 Å². The van der Waals surface area contributed by atoms with Crippen LogP contribution in [-0.4, -0.2) is 45.0 Å². The van der Waals surface area contributed by atoms with E-state index < -0.39 is 0 Å². The summed E-state index contributed by atoms with van der Waals surface area (Å²) in [4.78, 5) is 15.7. The van der Waals surface area contributed by atoms with Gasteiger partial charge in [0.2, 0.25) is 5.88 Å². The number of hydrogen-bond donors (Lipinski definition) is 1. The smallest absolute Gasteiger partial charge is 0.219 e. The van der Waals surface area contributed by atoms with Gasteiger partial charge in [0.05, 0.1) is 18.9 Å². The topological polar surface area (TPSA) is 67.6 Å². The van der Waals surface area contributed by atoms with Crippen molar-refractivity contribution >= 4 is 29.9 Å². The fraction of sp³-hybridized carbons (Fsp3) is 0.375. The molecule has 1 aliphatic rings. The number of halogens is 2. The number of benzene rings is 1. The second-order valence-electron chi connectivity index (χ2n) is 8.02. The van der Waals surface area contributed by atoms with E-state index >= 15 is 0 Å². The zero-order valence-corrected chi connectivity index (χ0v) is 21.2. The molecule has 0 bridgehead atoms. The monoisotopic (exact) mass is 564 g/mol. The fourth-order valence-electron chi connectivity index (χ4n) is 3.90. The van der Waals surface area contributed by atoms with E-state index in [1.165, 1.54) is 12.1 Å². The Bertz CT molecular complexity index is 1030. The quantitative estimate of drug-likeness (QED) is 0.263. The summed E-state index contributed by atoms with van der Waals surface area (Å²) in [6.45, 7) is 7.55. The number of piperidine rings is 1. The molecule has 3 aromatic rings. The number of imidazole rings is 1. The maximum absolute atomic E-state index is 13.3. The summed E-state index contributed by atoms with van der Waals surface area (Å²) in [5.74, 6) is 1.99. The molecule has 0 saturated carbocycles. The van der Waals surface area contributed by atoms with Crippen molar-refractivity contribution in [1.82, 2.24) is 24.8 Å². The Morgan fingerprint density at radius 3 is 2.88 bits per heavy atom. The molecule has 2 unspecified atom stereocenters. The van der Waals surface area contributed by atoms with E-state index in [0.717, 1.165) is 37.6 Å². The number of pyridine rings is 1. The van der Waals surface area contributed by atoms with Gasteiger partial charge in [-0.25, -0.2) is 19.4 Å². The van der Waals surface area contributed by atoms with Gasteiger partial charge in [-0.1, -0.05) is 19.1 Å². The SMILES string of the molecule is CCNC(=NCc1ccc(Oc2cccc(F)c2)nc1)N1CCC(C)C(n2ccnc2)C1.I. The molecule has 1 N–H and O–H groups in total. The third-order valence-electron chi connectivity index (χ3n) is 5.69. The molecule has 2 atom stereocenters. The number of nitrogens with zero attached hydrogens (tertiary/aromatic N) is 5. The number of hydrogen-bond acceptors (Lipinski definition) is 4. The Morgan fingerprint density at radius 1 is 1.30 bits per heavy atom. The molecule has 0 radical (unpaired) electrons. The maximum Gasteiger partial charge on any atom is 0.219 e. The van der Waals surface area contributed by atoms with Crippen molar-refractivity contribution in [1.29, 1.82) is 0 Å². The number of aliphatic imine (C=N–C) groups is 1. The molecule has 0 spiro atoms. The lowest BCUT2D eigenvalue weighted by molar-refractivity contribution is 0.189. The summed E-state index contributed by atoms with van der Waals surface area (Å²) < 4.78 is 21.1. The van der Waals surface area contributed by atoms with Crippen molar-refractivity contribution in [3.05, 3.63) is 72.7 Å². The standard InChI is InChI=1S/C24H29FN6O.HI/c1-3-27-24(30-11-9-18(2)22(16-30)31-12-10-26-17-31)29-15-19-7-8-23(28-14-19)32-21-6-4-5-20(25)13-21;/h4-8,10,12-14,17-18,22H,3,9,11,15-16H2,1-2H3,(H,27,29);1H. The highest BCUT2D eigenvalue weighted by Gasteiger charge is 2.28. The van der Waals surface area contributed by atoms with Gasteiger partial charge in [-0.3, -0.25) is 0 Å². The van der Waals surface area contributed by atoms with Gasteiger partial charge in [-0.2, -0.15) is 0 Å². The molecule has 7 nitrogen and oxygen atoms in total. The van der Waals surface area contributed by atoms with E-state index in [-0.39, 0.29) is 29.8 Å². The van der Waals surface area contributed by atoms with Gasteiger partial charge in [0.15, 0.2) is 5.96 Å². The number of rotatable bonds is 6. The van der Waals surface area contributed by atoms with Crippen LogP contribution in [0, 0.1) is 11.7 Å². The molecule has 1 fully saturated rings. The van der Waals surface area contributed by atoms with Gasteiger partial charge in [0, 0.05) is 50.4 Å². The Hall–Kier alpha value is -2.69. The lowest BCUT2D eigenvalue weighted by atomic mass is 9.93. The van der Waals surface area contributed by atoms with Crippen molar-refractivity contribution in [2.45, 2.75) is 32.9 Å². The van der Waals surface area contributed by atoms with Gasteiger partial charge in [0.1, 0.15) is 11.6 Å². The van der Waals surface area contributed by atoms with Crippen molar-refractivity contribution < 1.29 is 9.13 Å². The highest BCUT2D eigenvalue weighted by Crippen LogP contribution is 2.27. The highest BCUT2D eigenvalue weighted by molar-refractivity contribution is 14.0. The molecule has 1 aromatic carbocycles. The largest absolute Gasteiger partial charge is 0.439 e. The summed E-state index contributed by atoms with van der Waals surface area (Å²) in [6, 6.07) is 10.1. The van der Waals surface area contributed by atoms with Crippen LogP contribution < -0.4 is 10.1 Å². The van der Waals surface area contributed by atoms with Gasteiger partial charge >= 0.3 is 0 Å². The van der Waals surface area contributed by atoms with Crippen LogP contribution in [0.3, 0.4) is 0 Å². The molecule has 4 rings (SSSR count). The summed E-state index contributed by atoms with van der Waals surface area (Å²) in [5.41, 5.74) is 0.975. The van der Waals surface area contributed by atoms with Crippen molar-refractivity contribution in [3.63, 3.8) is 0 Å². The van der Waals surface area contributed by atoms with Crippen LogP contribution in [0.15, 0.2) is 66.3 Å². The summed E-state index contributed by atoms with van der Waals surface area (Å²) in [6.07, 6.45) is 8.61. The number of likely N-dealkylation sites (tertiary alicyclic amines) is 1. The molecule has 2 aromatic heterocycles.